The van der Waals surface area contributed by atoms with E-state index < -0.39 is 88.1 Å². The maximum absolute atomic E-state index is 13.7. The Morgan fingerprint density at radius 3 is 2.32 bits per heavy atom. The average Bonchev–Trinajstić information content (AvgIpc) is 3.37. The lowest BCUT2D eigenvalue weighted by Gasteiger charge is -2.32. The van der Waals surface area contributed by atoms with Gasteiger partial charge in [-0.15, -0.1) is 0 Å². The Kier molecular flexibility index (Phi) is 6.37. The van der Waals surface area contributed by atoms with Gasteiger partial charge in [0.25, 0.3) is 0 Å². The molecule has 1 heterocycles. The summed E-state index contributed by atoms with van der Waals surface area (Å²) in [6.45, 7) is -1.29. The van der Waals surface area contributed by atoms with Crippen LogP contribution in [0.2, 0.25) is 0 Å². The van der Waals surface area contributed by atoms with E-state index in [1.807, 2.05) is 0 Å². The van der Waals surface area contributed by atoms with E-state index >= 15 is 0 Å². The number of ether oxygens (including phenoxy) is 3. The number of carbonyl (C=O) groups is 3. The highest BCUT2D eigenvalue weighted by molar-refractivity contribution is 7.87. The minimum absolute atomic E-state index is 0.294. The third-order valence-corrected chi connectivity index (χ3v) is 8.37. The molecule has 14 heteroatoms. The van der Waals surface area contributed by atoms with Crippen LogP contribution in [0.4, 0.5) is 17.6 Å². The molecule has 3 saturated carbocycles. The predicted octanol–water partition coefficient (Wildman–Crippen LogP) is 2.34. The first-order valence-corrected chi connectivity index (χ1v) is 12.5. The molecule has 6 atom stereocenters. The first-order chi connectivity index (χ1) is 15.8. The van der Waals surface area contributed by atoms with Gasteiger partial charge in [0.15, 0.2) is 0 Å². The summed E-state index contributed by atoms with van der Waals surface area (Å²) in [5, 5.41) is -5.78. The van der Waals surface area contributed by atoms with Gasteiger partial charge in [-0.1, -0.05) is 19.3 Å². The van der Waals surface area contributed by atoms with Crippen LogP contribution >= 0.6 is 0 Å². The first-order valence-electron chi connectivity index (χ1n) is 11.1. The fraction of sp³-hybridized carbons (Fsp3) is 0.850. The molecule has 1 N–H and O–H groups in total. The Bertz CT molecular complexity index is 963. The van der Waals surface area contributed by atoms with Crippen LogP contribution in [0.3, 0.4) is 0 Å². The smallest absolute Gasteiger partial charge is 0.431 e. The van der Waals surface area contributed by atoms with Gasteiger partial charge in [-0.3, -0.25) is 18.9 Å². The number of halogens is 4. The highest BCUT2D eigenvalue weighted by atomic mass is 32.2. The zero-order chi connectivity index (χ0) is 25.1. The summed E-state index contributed by atoms with van der Waals surface area (Å²) < 4.78 is 99.2. The highest BCUT2D eigenvalue weighted by Gasteiger charge is 2.70. The van der Waals surface area contributed by atoms with Crippen LogP contribution in [0.15, 0.2) is 0 Å². The molecule has 1 saturated heterocycles. The largest absolute Gasteiger partial charge is 0.465 e. The maximum Gasteiger partial charge on any atom is 0.431 e. The maximum atomic E-state index is 13.7. The topological polar surface area (TPSA) is 133 Å². The summed E-state index contributed by atoms with van der Waals surface area (Å²) in [5.41, 5.74) is 0. The second-order valence-electron chi connectivity index (χ2n) is 9.37. The molecule has 0 radical (unpaired) electrons. The van der Waals surface area contributed by atoms with E-state index in [1.165, 1.54) is 0 Å². The Labute approximate surface area is 192 Å². The number of rotatable bonds is 8. The minimum atomic E-state index is -6.41. The molecule has 3 aliphatic carbocycles. The SMILES string of the molecule is O=C(OC1C2CC3C1OC(=O)C3C2C(=O)OCCC(F)(F)C(F)(F)S(=O)(=O)O)C1CCCCC1. The third-order valence-electron chi connectivity index (χ3n) is 7.42. The summed E-state index contributed by atoms with van der Waals surface area (Å²) in [6, 6.07) is 0. The summed E-state index contributed by atoms with van der Waals surface area (Å²) in [6.07, 6.45) is 0.927. The molecule has 4 rings (SSSR count). The highest BCUT2D eigenvalue weighted by Crippen LogP contribution is 2.59. The van der Waals surface area contributed by atoms with Crippen LogP contribution in [-0.4, -0.2) is 60.9 Å². The van der Waals surface area contributed by atoms with E-state index in [4.69, 9.17) is 18.8 Å². The lowest BCUT2D eigenvalue weighted by atomic mass is 9.78. The van der Waals surface area contributed by atoms with Gasteiger partial charge in [0, 0.05) is 11.8 Å². The van der Waals surface area contributed by atoms with Crippen molar-refractivity contribution >= 4 is 28.0 Å². The van der Waals surface area contributed by atoms with Gasteiger partial charge in [0.1, 0.15) is 12.2 Å². The number of carbonyl (C=O) groups excluding carboxylic acids is 3. The van der Waals surface area contributed by atoms with Gasteiger partial charge in [0.05, 0.1) is 30.8 Å². The third kappa shape index (κ3) is 4.06. The van der Waals surface area contributed by atoms with Crippen molar-refractivity contribution in [2.45, 2.75) is 68.3 Å². The van der Waals surface area contributed by atoms with Gasteiger partial charge >= 0.3 is 39.2 Å². The molecule has 34 heavy (non-hydrogen) atoms. The van der Waals surface area contributed by atoms with Crippen molar-refractivity contribution in [1.82, 2.24) is 0 Å². The van der Waals surface area contributed by atoms with Gasteiger partial charge in [-0.2, -0.15) is 26.0 Å². The number of alkyl halides is 4. The Morgan fingerprint density at radius 1 is 1.06 bits per heavy atom. The van der Waals surface area contributed by atoms with Gasteiger partial charge in [-0.25, -0.2) is 0 Å². The first kappa shape index (κ1) is 25.1. The number of hydrogen-bond acceptors (Lipinski definition) is 8. The van der Waals surface area contributed by atoms with E-state index in [2.05, 4.69) is 0 Å². The van der Waals surface area contributed by atoms with Crippen LogP contribution < -0.4 is 0 Å². The van der Waals surface area contributed by atoms with Crippen LogP contribution in [0, 0.1) is 29.6 Å². The molecule has 4 fully saturated rings. The van der Waals surface area contributed by atoms with E-state index in [0.717, 1.165) is 19.3 Å². The van der Waals surface area contributed by atoms with Crippen molar-refractivity contribution in [3.05, 3.63) is 0 Å². The van der Waals surface area contributed by atoms with Crippen molar-refractivity contribution in [3.63, 3.8) is 0 Å². The summed E-state index contributed by atoms with van der Waals surface area (Å²) in [5.74, 6) is -11.0. The average molecular weight is 516 g/mol. The molecule has 0 aromatic carbocycles. The normalized spacial score (nSPS) is 33.6. The second-order valence-corrected chi connectivity index (χ2v) is 10.8. The molecule has 6 unspecified atom stereocenters. The van der Waals surface area contributed by atoms with E-state index in [0.29, 0.717) is 19.3 Å². The monoisotopic (exact) mass is 516 g/mol. The molecule has 2 bridgehead atoms. The predicted molar refractivity (Wildman–Crippen MR) is 102 cm³/mol. The zero-order valence-corrected chi connectivity index (χ0v) is 18.6. The standard InChI is InChI=1S/C20H24F4O9S/c21-19(22,20(23,24)34(28,29)30)6-7-31-17(26)12-10-8-11-13(12)18(27)33-15(11)14(10)32-16(25)9-4-2-1-3-5-9/h9-15H,1-8H2,(H,28,29,30). The lowest BCUT2D eigenvalue weighted by Crippen LogP contribution is -2.48. The van der Waals surface area contributed by atoms with Gasteiger partial charge in [0.2, 0.25) is 0 Å². The van der Waals surface area contributed by atoms with Crippen molar-refractivity contribution in [1.29, 1.82) is 0 Å². The van der Waals surface area contributed by atoms with E-state index in [1.54, 1.807) is 0 Å². The van der Waals surface area contributed by atoms with E-state index in [9.17, 15) is 40.4 Å². The lowest BCUT2D eigenvalue weighted by molar-refractivity contribution is -0.179. The Morgan fingerprint density at radius 2 is 1.71 bits per heavy atom. The van der Waals surface area contributed by atoms with Crippen molar-refractivity contribution in [3.8, 4) is 0 Å². The summed E-state index contributed by atoms with van der Waals surface area (Å²) >= 11 is 0. The van der Waals surface area contributed by atoms with Crippen LogP contribution in [0.25, 0.3) is 0 Å². The minimum Gasteiger partial charge on any atom is -0.465 e. The second kappa shape index (κ2) is 8.61. The molecule has 4 aliphatic rings. The van der Waals surface area contributed by atoms with E-state index in [-0.39, 0.29) is 5.92 Å². The molecule has 0 aromatic rings. The van der Waals surface area contributed by atoms with Gasteiger partial charge < -0.3 is 14.2 Å². The van der Waals surface area contributed by atoms with Crippen LogP contribution in [0.5, 0.6) is 0 Å². The number of hydrogen-bond donors (Lipinski definition) is 1. The summed E-state index contributed by atoms with van der Waals surface area (Å²) in [7, 11) is -6.41. The quantitative estimate of drug-likeness (QED) is 0.223. The Balaban J connectivity index is 1.41. The molecule has 192 valence electrons. The molecular formula is C20H24F4O9S. The zero-order valence-electron chi connectivity index (χ0n) is 17.8. The molecule has 0 spiro atoms. The van der Waals surface area contributed by atoms with Crippen LogP contribution in [0.1, 0.15) is 44.9 Å². The van der Waals surface area contributed by atoms with Crippen molar-refractivity contribution in [2.24, 2.45) is 29.6 Å². The number of esters is 3. The molecule has 0 amide bonds. The fourth-order valence-corrected chi connectivity index (χ4v) is 6.23. The van der Waals surface area contributed by atoms with Gasteiger partial charge in [-0.05, 0) is 19.3 Å². The molecule has 9 nitrogen and oxygen atoms in total. The number of fused-ring (bicyclic) bond motifs is 1. The summed E-state index contributed by atoms with van der Waals surface area (Å²) in [4.78, 5) is 37.6. The fourth-order valence-electron chi connectivity index (χ4n) is 5.75. The molecular weight excluding hydrogens is 492 g/mol. The molecule has 1 aliphatic heterocycles. The van der Waals surface area contributed by atoms with Crippen LogP contribution in [-0.2, 0) is 38.7 Å². The Hall–Kier alpha value is -1.96. The van der Waals surface area contributed by atoms with Crippen molar-refractivity contribution < 1.29 is 59.1 Å². The van der Waals surface area contributed by atoms with Crippen molar-refractivity contribution in [2.75, 3.05) is 6.61 Å². The molecule has 0 aromatic heterocycles.